The van der Waals surface area contributed by atoms with Gasteiger partial charge in [-0.3, -0.25) is 9.67 Å². The van der Waals surface area contributed by atoms with E-state index in [1.165, 1.54) is 5.69 Å². The number of nitrogens with zero attached hydrogens (tertiary/aromatic N) is 4. The molecule has 25 heavy (non-hydrogen) atoms. The van der Waals surface area contributed by atoms with Crippen molar-refractivity contribution in [3.05, 3.63) is 46.7 Å². The summed E-state index contributed by atoms with van der Waals surface area (Å²) in [6.45, 7) is 2.74. The number of rotatable bonds is 4. The molecule has 136 valence electrons. The molecule has 0 spiro atoms. The molecule has 2 aromatic rings. The summed E-state index contributed by atoms with van der Waals surface area (Å²) in [5.74, 6) is 0.832. The molecule has 1 aliphatic heterocycles. The minimum Gasteiger partial charge on any atom is -0.369 e. The maximum absolute atomic E-state index is 4.33. The van der Waals surface area contributed by atoms with E-state index < -0.39 is 0 Å². The molecular weight excluding hydrogens is 495 g/mol. The number of benzene rings is 1. The van der Waals surface area contributed by atoms with Crippen LogP contribution in [0.25, 0.3) is 0 Å². The summed E-state index contributed by atoms with van der Waals surface area (Å²) in [6, 6.07) is 10.9. The van der Waals surface area contributed by atoms with Crippen molar-refractivity contribution in [1.29, 1.82) is 0 Å². The predicted octanol–water partition coefficient (Wildman–Crippen LogP) is 2.74. The van der Waals surface area contributed by atoms with Crippen LogP contribution in [0.2, 0.25) is 0 Å². The van der Waals surface area contributed by atoms with Crippen molar-refractivity contribution in [2.45, 2.75) is 19.0 Å². The van der Waals surface area contributed by atoms with E-state index in [9.17, 15) is 0 Å². The first kappa shape index (κ1) is 20.0. The molecule has 1 aromatic carbocycles. The molecule has 0 amide bonds. The van der Waals surface area contributed by atoms with E-state index in [0.717, 1.165) is 35.6 Å². The molecule has 3 rings (SSSR count). The Balaban J connectivity index is 0.00000225. The van der Waals surface area contributed by atoms with Crippen LogP contribution in [-0.4, -0.2) is 41.9 Å². The molecule has 1 unspecified atom stereocenters. The summed E-state index contributed by atoms with van der Waals surface area (Å²) in [7, 11) is 3.75. The van der Waals surface area contributed by atoms with Gasteiger partial charge in [0.05, 0.1) is 12.2 Å². The lowest BCUT2D eigenvalue weighted by Crippen LogP contribution is -2.44. The second-order valence-electron chi connectivity index (χ2n) is 5.92. The van der Waals surface area contributed by atoms with Gasteiger partial charge in [-0.25, -0.2) is 0 Å². The average molecular weight is 519 g/mol. The Bertz CT molecular complexity index is 699. The summed E-state index contributed by atoms with van der Waals surface area (Å²) < 4.78 is 2.98. The van der Waals surface area contributed by atoms with Gasteiger partial charge in [0, 0.05) is 49.6 Å². The van der Waals surface area contributed by atoms with E-state index in [-0.39, 0.29) is 24.0 Å². The first-order chi connectivity index (χ1) is 11.7. The summed E-state index contributed by atoms with van der Waals surface area (Å²) in [6.07, 6.45) is 2.91. The second kappa shape index (κ2) is 9.42. The number of aliphatic imine (C=N–C) groups is 1. The third kappa shape index (κ3) is 5.34. The zero-order valence-electron chi connectivity index (χ0n) is 14.4. The highest BCUT2D eigenvalue weighted by atomic mass is 127. The number of anilines is 1. The van der Waals surface area contributed by atoms with E-state index >= 15 is 0 Å². The van der Waals surface area contributed by atoms with Gasteiger partial charge in [0.1, 0.15) is 0 Å². The van der Waals surface area contributed by atoms with Gasteiger partial charge in [-0.15, -0.1) is 24.0 Å². The van der Waals surface area contributed by atoms with Crippen LogP contribution >= 0.6 is 39.9 Å². The van der Waals surface area contributed by atoms with Gasteiger partial charge in [-0.05, 0) is 36.8 Å². The molecule has 2 N–H and O–H groups in total. The number of guanidine groups is 1. The molecule has 6 nitrogen and oxygen atoms in total. The van der Waals surface area contributed by atoms with E-state index in [1.54, 1.807) is 13.2 Å². The molecule has 1 fully saturated rings. The van der Waals surface area contributed by atoms with Crippen molar-refractivity contribution in [3.8, 4) is 0 Å². The molecule has 0 saturated carbocycles. The number of nitrogens with one attached hydrogen (secondary N) is 2. The molecular formula is C17H24BrIN6. The number of hydrogen-bond acceptors (Lipinski definition) is 3. The number of hydrogen-bond donors (Lipinski definition) is 2. The molecule has 8 heteroatoms. The smallest absolute Gasteiger partial charge is 0.191 e. The van der Waals surface area contributed by atoms with Gasteiger partial charge in [0.2, 0.25) is 0 Å². The van der Waals surface area contributed by atoms with Gasteiger partial charge in [0.15, 0.2) is 5.96 Å². The van der Waals surface area contributed by atoms with Crippen LogP contribution in [0.4, 0.5) is 5.69 Å². The molecule has 2 heterocycles. The number of aryl methyl sites for hydroxylation is 1. The van der Waals surface area contributed by atoms with E-state index in [0.29, 0.717) is 12.6 Å². The largest absolute Gasteiger partial charge is 0.369 e. The SMILES string of the molecule is CN=C(NCc1ccnn1C)NC1CCN(c2ccc(Br)cc2)C1.I. The van der Waals surface area contributed by atoms with Crippen LogP contribution in [0.15, 0.2) is 46.0 Å². The monoisotopic (exact) mass is 518 g/mol. The van der Waals surface area contributed by atoms with Crippen molar-refractivity contribution in [3.63, 3.8) is 0 Å². The van der Waals surface area contributed by atoms with Crippen molar-refractivity contribution in [2.24, 2.45) is 12.0 Å². The Morgan fingerprint density at radius 1 is 1.32 bits per heavy atom. The predicted molar refractivity (Wildman–Crippen MR) is 117 cm³/mol. The Morgan fingerprint density at radius 3 is 2.72 bits per heavy atom. The van der Waals surface area contributed by atoms with Crippen molar-refractivity contribution >= 4 is 51.6 Å². The highest BCUT2D eigenvalue weighted by molar-refractivity contribution is 14.0. The molecule has 0 bridgehead atoms. The molecule has 1 aromatic heterocycles. The van der Waals surface area contributed by atoms with Gasteiger partial charge in [-0.1, -0.05) is 15.9 Å². The van der Waals surface area contributed by atoms with Crippen LogP contribution < -0.4 is 15.5 Å². The fourth-order valence-electron chi connectivity index (χ4n) is 2.90. The number of halogens is 2. The van der Waals surface area contributed by atoms with Crippen LogP contribution in [0.5, 0.6) is 0 Å². The summed E-state index contributed by atoms with van der Waals surface area (Å²) in [4.78, 5) is 6.73. The Hall–Kier alpha value is -1.29. The van der Waals surface area contributed by atoms with E-state index in [2.05, 4.69) is 65.8 Å². The molecule has 0 radical (unpaired) electrons. The van der Waals surface area contributed by atoms with Gasteiger partial charge < -0.3 is 15.5 Å². The highest BCUT2D eigenvalue weighted by Gasteiger charge is 2.23. The maximum Gasteiger partial charge on any atom is 0.191 e. The number of aromatic nitrogens is 2. The highest BCUT2D eigenvalue weighted by Crippen LogP contribution is 2.22. The van der Waals surface area contributed by atoms with Crippen molar-refractivity contribution in [2.75, 3.05) is 25.0 Å². The summed E-state index contributed by atoms with van der Waals surface area (Å²) in [5, 5.41) is 11.1. The Morgan fingerprint density at radius 2 is 2.08 bits per heavy atom. The average Bonchev–Trinajstić information content (AvgIpc) is 3.21. The standard InChI is InChI=1S/C17H23BrN6.HI/c1-19-17(20-11-16-7-9-21-23(16)2)22-14-8-10-24(12-14)15-5-3-13(18)4-6-15;/h3-7,9,14H,8,10-12H2,1-2H3,(H2,19,20,22);1H. The fraction of sp³-hybridized carbons (Fsp3) is 0.412. The Kier molecular flexibility index (Phi) is 7.55. The van der Waals surface area contributed by atoms with Gasteiger partial charge in [-0.2, -0.15) is 5.10 Å². The first-order valence-electron chi connectivity index (χ1n) is 8.10. The maximum atomic E-state index is 4.33. The summed E-state index contributed by atoms with van der Waals surface area (Å²) >= 11 is 3.49. The second-order valence-corrected chi connectivity index (χ2v) is 6.84. The molecule has 1 aliphatic rings. The fourth-order valence-corrected chi connectivity index (χ4v) is 3.17. The van der Waals surface area contributed by atoms with Crippen LogP contribution in [0.3, 0.4) is 0 Å². The normalized spacial score (nSPS) is 17.3. The lowest BCUT2D eigenvalue weighted by atomic mass is 10.2. The lowest BCUT2D eigenvalue weighted by molar-refractivity contribution is 0.637. The molecule has 1 saturated heterocycles. The topological polar surface area (TPSA) is 57.5 Å². The minimum atomic E-state index is 0. The third-order valence-electron chi connectivity index (χ3n) is 4.30. The van der Waals surface area contributed by atoms with E-state index in [1.807, 2.05) is 17.8 Å². The van der Waals surface area contributed by atoms with E-state index in [4.69, 9.17) is 0 Å². The lowest BCUT2D eigenvalue weighted by Gasteiger charge is -2.20. The van der Waals surface area contributed by atoms with Gasteiger partial charge in [0.25, 0.3) is 0 Å². The van der Waals surface area contributed by atoms with Gasteiger partial charge >= 0.3 is 0 Å². The zero-order valence-corrected chi connectivity index (χ0v) is 18.4. The zero-order chi connectivity index (χ0) is 16.9. The van der Waals surface area contributed by atoms with Crippen molar-refractivity contribution < 1.29 is 0 Å². The minimum absolute atomic E-state index is 0. The Labute approximate surface area is 174 Å². The van der Waals surface area contributed by atoms with Crippen LogP contribution in [0.1, 0.15) is 12.1 Å². The van der Waals surface area contributed by atoms with Crippen LogP contribution in [-0.2, 0) is 13.6 Å². The summed E-state index contributed by atoms with van der Waals surface area (Å²) in [5.41, 5.74) is 2.39. The molecule has 1 atom stereocenters. The third-order valence-corrected chi connectivity index (χ3v) is 4.83. The molecule has 0 aliphatic carbocycles. The van der Waals surface area contributed by atoms with Crippen molar-refractivity contribution in [1.82, 2.24) is 20.4 Å². The van der Waals surface area contributed by atoms with Crippen LogP contribution in [0, 0.1) is 0 Å². The first-order valence-corrected chi connectivity index (χ1v) is 8.89. The quantitative estimate of drug-likeness (QED) is 0.371.